The molecule has 2 aromatic carbocycles. The van der Waals surface area contributed by atoms with E-state index in [1.807, 2.05) is 6.92 Å². The Labute approximate surface area is 162 Å². The molecule has 28 heavy (non-hydrogen) atoms. The second kappa shape index (κ2) is 9.50. The third kappa shape index (κ3) is 5.29. The highest BCUT2D eigenvalue weighted by atomic mass is 16.3. The minimum atomic E-state index is -0.479. The van der Waals surface area contributed by atoms with Crippen LogP contribution in [0.1, 0.15) is 40.5 Å². The van der Waals surface area contributed by atoms with Crippen LogP contribution in [-0.4, -0.2) is 45.3 Å². The summed E-state index contributed by atoms with van der Waals surface area (Å²) in [6.07, 6.45) is 1.37. The Morgan fingerprint density at radius 3 is 1.89 bits per heavy atom. The summed E-state index contributed by atoms with van der Waals surface area (Å²) in [5.74, 6) is -2.45. The molecule has 1 unspecified atom stereocenters. The van der Waals surface area contributed by atoms with Gasteiger partial charge in [-0.1, -0.05) is 19.1 Å². The van der Waals surface area contributed by atoms with E-state index in [0.717, 1.165) is 6.42 Å². The Bertz CT molecular complexity index is 853. The van der Waals surface area contributed by atoms with Crippen molar-refractivity contribution in [1.29, 1.82) is 0 Å². The van der Waals surface area contributed by atoms with Gasteiger partial charge in [-0.05, 0) is 43.0 Å². The zero-order valence-corrected chi connectivity index (χ0v) is 15.5. The Morgan fingerprint density at radius 2 is 1.36 bits per heavy atom. The smallest absolute Gasteiger partial charge is 0.255 e. The lowest BCUT2D eigenvalue weighted by molar-refractivity contribution is 0.0941. The van der Waals surface area contributed by atoms with E-state index < -0.39 is 23.3 Å². The lowest BCUT2D eigenvalue weighted by Gasteiger charge is -2.14. The van der Waals surface area contributed by atoms with Crippen LogP contribution in [0.25, 0.3) is 0 Å². The Balaban J connectivity index is 1.72. The molecule has 0 aliphatic heterocycles. The van der Waals surface area contributed by atoms with Crippen molar-refractivity contribution in [2.24, 2.45) is 5.92 Å². The summed E-state index contributed by atoms with van der Waals surface area (Å²) in [5.41, 5.74) is 0.0108. The Kier molecular flexibility index (Phi) is 7.08. The number of phenolic OH excluding ortho intramolecular Hbond substituents is 4. The number of benzene rings is 2. The first kappa shape index (κ1) is 20.9. The summed E-state index contributed by atoms with van der Waals surface area (Å²) in [7, 11) is 0. The number of hydrogen-bond acceptors (Lipinski definition) is 6. The maximum Gasteiger partial charge on any atom is 0.255 e. The predicted molar refractivity (Wildman–Crippen MR) is 103 cm³/mol. The highest BCUT2D eigenvalue weighted by molar-refractivity contribution is 5.98. The van der Waals surface area contributed by atoms with Crippen LogP contribution >= 0.6 is 0 Å². The average molecular weight is 388 g/mol. The Hall–Kier alpha value is -3.42. The van der Waals surface area contributed by atoms with Gasteiger partial charge in [0, 0.05) is 13.1 Å². The van der Waals surface area contributed by atoms with Crippen LogP contribution in [0.15, 0.2) is 36.4 Å². The minimum Gasteiger partial charge on any atom is -0.504 e. The van der Waals surface area contributed by atoms with Crippen molar-refractivity contribution in [3.05, 3.63) is 47.5 Å². The number of hydrogen-bond donors (Lipinski definition) is 6. The van der Waals surface area contributed by atoms with Crippen LogP contribution in [0, 0.1) is 5.92 Å². The van der Waals surface area contributed by atoms with E-state index in [9.17, 15) is 30.0 Å². The molecular weight excluding hydrogens is 364 g/mol. The number of aromatic hydroxyl groups is 4. The van der Waals surface area contributed by atoms with Gasteiger partial charge in [-0.3, -0.25) is 9.59 Å². The molecule has 0 heterocycles. The molecule has 6 N–H and O–H groups in total. The number of carbonyl (C=O) groups is 2. The summed E-state index contributed by atoms with van der Waals surface area (Å²) in [4.78, 5) is 24.1. The van der Waals surface area contributed by atoms with Gasteiger partial charge >= 0.3 is 0 Å². The highest BCUT2D eigenvalue weighted by Crippen LogP contribution is 2.28. The van der Waals surface area contributed by atoms with E-state index in [2.05, 4.69) is 10.6 Å². The molecule has 2 amide bonds. The first-order valence-electron chi connectivity index (χ1n) is 8.89. The maximum absolute atomic E-state index is 12.1. The van der Waals surface area contributed by atoms with Crippen LogP contribution < -0.4 is 10.6 Å². The van der Waals surface area contributed by atoms with Crippen molar-refractivity contribution in [2.45, 2.75) is 19.8 Å². The molecule has 1 atom stereocenters. The van der Waals surface area contributed by atoms with E-state index in [0.29, 0.717) is 19.5 Å². The van der Waals surface area contributed by atoms with Crippen molar-refractivity contribution in [3.63, 3.8) is 0 Å². The monoisotopic (exact) mass is 388 g/mol. The van der Waals surface area contributed by atoms with E-state index >= 15 is 0 Å². The fourth-order valence-electron chi connectivity index (χ4n) is 2.64. The molecule has 0 spiro atoms. The molecule has 0 aliphatic rings. The van der Waals surface area contributed by atoms with Gasteiger partial charge in [-0.15, -0.1) is 0 Å². The summed E-state index contributed by atoms with van der Waals surface area (Å²) >= 11 is 0. The zero-order chi connectivity index (χ0) is 20.7. The SMILES string of the molecule is CC(CCCNC(=O)c1cccc(O)c1O)CNC(=O)c1cccc(O)c1O. The molecule has 0 saturated heterocycles. The van der Waals surface area contributed by atoms with Gasteiger partial charge in [-0.25, -0.2) is 0 Å². The topological polar surface area (TPSA) is 139 Å². The average Bonchev–Trinajstić information content (AvgIpc) is 2.67. The van der Waals surface area contributed by atoms with Crippen LogP contribution in [0.4, 0.5) is 0 Å². The quantitative estimate of drug-likeness (QED) is 0.302. The van der Waals surface area contributed by atoms with Gasteiger partial charge in [0.25, 0.3) is 11.8 Å². The number of amides is 2. The summed E-state index contributed by atoms with van der Waals surface area (Å²) in [6, 6.07) is 8.36. The predicted octanol–water partition coefficient (Wildman–Crippen LogP) is 2.09. The lowest BCUT2D eigenvalue weighted by atomic mass is 10.1. The van der Waals surface area contributed by atoms with Gasteiger partial charge in [-0.2, -0.15) is 0 Å². The standard InChI is InChI=1S/C20H24N2O6/c1-12(11-22-20(28)14-7-3-9-16(24)18(14)26)5-4-10-21-19(27)13-6-2-8-15(23)17(13)25/h2-3,6-9,12,23-26H,4-5,10-11H2,1H3,(H,21,27)(H,22,28). The van der Waals surface area contributed by atoms with E-state index in [4.69, 9.17) is 0 Å². The molecule has 2 rings (SSSR count). The zero-order valence-electron chi connectivity index (χ0n) is 15.5. The van der Waals surface area contributed by atoms with Crippen LogP contribution in [0.5, 0.6) is 23.0 Å². The molecular formula is C20H24N2O6. The molecule has 8 nitrogen and oxygen atoms in total. The maximum atomic E-state index is 12.1. The molecule has 0 bridgehead atoms. The summed E-state index contributed by atoms with van der Waals surface area (Å²) in [5, 5.41) is 43.6. The number of carbonyl (C=O) groups excluding carboxylic acids is 2. The molecule has 0 aliphatic carbocycles. The first-order chi connectivity index (χ1) is 13.3. The number of rotatable bonds is 8. The summed E-state index contributed by atoms with van der Waals surface area (Å²) < 4.78 is 0. The molecule has 2 aromatic rings. The molecule has 0 aromatic heterocycles. The second-order valence-electron chi connectivity index (χ2n) is 6.56. The van der Waals surface area contributed by atoms with Gasteiger partial charge in [0.05, 0.1) is 11.1 Å². The normalized spacial score (nSPS) is 11.6. The summed E-state index contributed by atoms with van der Waals surface area (Å²) in [6.45, 7) is 2.68. The van der Waals surface area contributed by atoms with Crippen molar-refractivity contribution >= 4 is 11.8 Å². The molecule has 0 saturated carbocycles. The van der Waals surface area contributed by atoms with Crippen LogP contribution in [-0.2, 0) is 0 Å². The fourth-order valence-corrected chi connectivity index (χ4v) is 2.64. The van der Waals surface area contributed by atoms with Gasteiger partial charge in [0.15, 0.2) is 23.0 Å². The van der Waals surface area contributed by atoms with Crippen molar-refractivity contribution in [2.75, 3.05) is 13.1 Å². The van der Waals surface area contributed by atoms with Crippen LogP contribution in [0.3, 0.4) is 0 Å². The van der Waals surface area contributed by atoms with E-state index in [-0.39, 0.29) is 28.5 Å². The van der Waals surface area contributed by atoms with E-state index in [1.165, 1.54) is 36.4 Å². The van der Waals surface area contributed by atoms with Gasteiger partial charge in [0.2, 0.25) is 0 Å². The van der Waals surface area contributed by atoms with Crippen molar-refractivity contribution < 1.29 is 30.0 Å². The van der Waals surface area contributed by atoms with Crippen molar-refractivity contribution in [1.82, 2.24) is 10.6 Å². The highest BCUT2D eigenvalue weighted by Gasteiger charge is 2.15. The molecule has 150 valence electrons. The lowest BCUT2D eigenvalue weighted by Crippen LogP contribution is -2.29. The number of phenols is 4. The van der Waals surface area contributed by atoms with Gasteiger partial charge in [0.1, 0.15) is 0 Å². The van der Waals surface area contributed by atoms with E-state index in [1.54, 1.807) is 0 Å². The molecule has 0 radical (unpaired) electrons. The third-order valence-corrected chi connectivity index (χ3v) is 4.29. The fraction of sp³-hybridized carbons (Fsp3) is 0.300. The molecule has 8 heteroatoms. The van der Waals surface area contributed by atoms with Crippen LogP contribution in [0.2, 0.25) is 0 Å². The largest absolute Gasteiger partial charge is 0.504 e. The van der Waals surface area contributed by atoms with Crippen molar-refractivity contribution in [3.8, 4) is 23.0 Å². The number of para-hydroxylation sites is 2. The minimum absolute atomic E-state index is 0.00499. The molecule has 0 fully saturated rings. The van der Waals surface area contributed by atoms with Gasteiger partial charge < -0.3 is 31.1 Å². The first-order valence-corrected chi connectivity index (χ1v) is 8.89. The number of nitrogens with one attached hydrogen (secondary N) is 2. The third-order valence-electron chi connectivity index (χ3n) is 4.29. The second-order valence-corrected chi connectivity index (χ2v) is 6.56. The Morgan fingerprint density at radius 1 is 0.857 bits per heavy atom.